The smallest absolute Gasteiger partial charge is 0.335 e. The number of aliphatic hydroxyl groups excluding tert-OH is 1. The zero-order valence-corrected chi connectivity index (χ0v) is 31.2. The number of ether oxygens (including phenoxy) is 5. The van der Waals surface area contributed by atoms with E-state index in [2.05, 4.69) is 25.3 Å². The Kier molecular flexibility index (Phi) is 9.93. The Balaban J connectivity index is 1.10. The Labute approximate surface area is 302 Å². The molecule has 0 radical (unpaired) electrons. The second-order valence-electron chi connectivity index (χ2n) is 16.9. The highest BCUT2D eigenvalue weighted by molar-refractivity contribution is 5.90. The number of fused-ring (bicyclic) bond motifs is 3. The molecule has 0 unspecified atom stereocenters. The van der Waals surface area contributed by atoms with Gasteiger partial charge in [0.15, 0.2) is 6.10 Å². The van der Waals surface area contributed by atoms with Gasteiger partial charge in [-0.15, -0.1) is 0 Å². The summed E-state index contributed by atoms with van der Waals surface area (Å²) in [6.45, 7) is 15.8. The van der Waals surface area contributed by atoms with Gasteiger partial charge in [-0.3, -0.25) is 4.79 Å². The maximum atomic E-state index is 13.8. The second-order valence-corrected chi connectivity index (χ2v) is 16.9. The molecule has 6 bridgehead atoms. The minimum Gasteiger partial charge on any atom is -0.459 e. The number of hydrogen-bond acceptors (Lipinski definition) is 9. The van der Waals surface area contributed by atoms with E-state index in [-0.39, 0.29) is 47.9 Å². The number of esters is 3. The lowest BCUT2D eigenvalue weighted by Gasteiger charge is -2.54. The van der Waals surface area contributed by atoms with E-state index >= 15 is 0 Å². The summed E-state index contributed by atoms with van der Waals surface area (Å²) in [5.74, 6) is -2.73. The van der Waals surface area contributed by atoms with Crippen molar-refractivity contribution in [2.45, 2.75) is 95.6 Å². The molecule has 5 heterocycles. The number of carbonyl (C=O) groups is 3. The number of hydrogen-bond donors (Lipinski definition) is 1. The lowest BCUT2D eigenvalue weighted by molar-refractivity contribution is -1.07. The van der Waals surface area contributed by atoms with Gasteiger partial charge in [-0.2, -0.15) is 0 Å². The standard InChI is InChI=1S/C40H58N2O9/c1-24-22-25(2)40-29(13-14-30-33(40)34(44)26(3)36(37(30)51-40)50-38(45)28-10-7-8-11-28)23-31(47-6)39(46)49-35(24)27(4)48-32(43)12-9-15-42-19-16-41(5,17-20-42)18-21-42/h7-8,10,13-14,22,24,26-27,29-31,33-37,44H,9,11-12,15-21,23H2,1-6H3/q+2/b25-22+/t24-,26-,27-,29-,30-,31+,33+,34-,35+,36-,37-,40+,41?,42?/m1/s1. The lowest BCUT2D eigenvalue weighted by Crippen LogP contribution is -2.73. The highest BCUT2D eigenvalue weighted by Crippen LogP contribution is 2.61. The summed E-state index contributed by atoms with van der Waals surface area (Å²) in [6, 6.07) is 0. The number of methoxy groups -OCH3 is 1. The fourth-order valence-corrected chi connectivity index (χ4v) is 10.5. The van der Waals surface area contributed by atoms with E-state index in [0.717, 1.165) is 23.0 Å². The van der Waals surface area contributed by atoms with Crippen LogP contribution >= 0.6 is 0 Å². The molecule has 0 aromatic heterocycles. The summed E-state index contributed by atoms with van der Waals surface area (Å²) in [5, 5.41) is 12.0. The van der Waals surface area contributed by atoms with Crippen LogP contribution in [0.1, 0.15) is 53.4 Å². The molecule has 280 valence electrons. The molecule has 5 aliphatic heterocycles. The summed E-state index contributed by atoms with van der Waals surface area (Å²) < 4.78 is 33.4. The first-order valence-electron chi connectivity index (χ1n) is 19.2. The van der Waals surface area contributed by atoms with E-state index in [1.54, 1.807) is 13.0 Å². The molecule has 1 spiro atoms. The molecule has 11 nitrogen and oxygen atoms in total. The van der Waals surface area contributed by atoms with Gasteiger partial charge < -0.3 is 37.8 Å². The van der Waals surface area contributed by atoms with E-state index < -0.39 is 48.2 Å². The molecular formula is C40H58N2O9+2. The molecule has 4 saturated heterocycles. The fourth-order valence-electron chi connectivity index (χ4n) is 10.5. The summed E-state index contributed by atoms with van der Waals surface area (Å²) >= 11 is 0. The number of piperazine rings is 3. The van der Waals surface area contributed by atoms with Gasteiger partial charge in [0.05, 0.1) is 26.1 Å². The largest absolute Gasteiger partial charge is 0.459 e. The summed E-state index contributed by atoms with van der Waals surface area (Å²) in [6.07, 6.45) is 9.30. The van der Waals surface area contributed by atoms with Crippen molar-refractivity contribution < 1.29 is 52.1 Å². The third-order valence-corrected chi connectivity index (χ3v) is 13.8. The Morgan fingerprint density at radius 1 is 1.12 bits per heavy atom. The van der Waals surface area contributed by atoms with Crippen LogP contribution in [0.25, 0.3) is 0 Å². The maximum absolute atomic E-state index is 13.8. The number of allylic oxidation sites excluding steroid dienone is 3. The number of aliphatic hydroxyl groups is 1. The predicted molar refractivity (Wildman–Crippen MR) is 188 cm³/mol. The van der Waals surface area contributed by atoms with Gasteiger partial charge in [0.2, 0.25) is 0 Å². The molecule has 8 aliphatic rings. The van der Waals surface area contributed by atoms with Gasteiger partial charge in [0, 0.05) is 48.7 Å². The van der Waals surface area contributed by atoms with Crippen LogP contribution in [0, 0.1) is 29.6 Å². The Bertz CT molecular complexity index is 1490. The third kappa shape index (κ3) is 6.45. The molecule has 12 atom stereocenters. The average molecular weight is 711 g/mol. The van der Waals surface area contributed by atoms with Crippen LogP contribution in [0.15, 0.2) is 47.6 Å². The molecule has 3 aliphatic carbocycles. The second kappa shape index (κ2) is 13.9. The van der Waals surface area contributed by atoms with E-state index in [4.69, 9.17) is 23.7 Å². The molecule has 0 aromatic carbocycles. The van der Waals surface area contributed by atoms with Crippen LogP contribution in [-0.2, 0) is 38.1 Å². The average Bonchev–Trinajstić information content (AvgIpc) is 3.71. The van der Waals surface area contributed by atoms with Crippen LogP contribution in [0.4, 0.5) is 0 Å². The van der Waals surface area contributed by atoms with Gasteiger partial charge in [0.1, 0.15) is 69.3 Å². The Hall–Kier alpha value is -2.83. The fraction of sp³-hybridized carbons (Fsp3) is 0.725. The minimum absolute atomic E-state index is 0.185. The van der Waals surface area contributed by atoms with E-state index in [1.165, 1.54) is 50.9 Å². The topological polar surface area (TPSA) is 118 Å². The monoisotopic (exact) mass is 710 g/mol. The zero-order chi connectivity index (χ0) is 36.3. The number of cyclic esters (lactones) is 1. The highest BCUT2D eigenvalue weighted by Gasteiger charge is 2.69. The van der Waals surface area contributed by atoms with Crippen molar-refractivity contribution >= 4 is 17.9 Å². The van der Waals surface area contributed by atoms with Crippen molar-refractivity contribution in [1.82, 2.24) is 0 Å². The predicted octanol–water partition coefficient (Wildman–Crippen LogP) is 3.27. The Morgan fingerprint density at radius 2 is 1.84 bits per heavy atom. The molecule has 11 heteroatoms. The van der Waals surface area contributed by atoms with Crippen molar-refractivity contribution in [2.75, 3.05) is 60.0 Å². The van der Waals surface area contributed by atoms with Crippen LogP contribution in [0.3, 0.4) is 0 Å². The lowest BCUT2D eigenvalue weighted by atomic mass is 9.57. The normalized spacial score (nSPS) is 45.6. The minimum atomic E-state index is -0.966. The van der Waals surface area contributed by atoms with Gasteiger partial charge >= 0.3 is 17.9 Å². The quantitative estimate of drug-likeness (QED) is 0.167. The Morgan fingerprint density at radius 3 is 2.51 bits per heavy atom. The van der Waals surface area contributed by atoms with Crippen molar-refractivity contribution in [2.24, 2.45) is 29.6 Å². The zero-order valence-electron chi connectivity index (χ0n) is 31.2. The van der Waals surface area contributed by atoms with E-state index in [0.29, 0.717) is 18.4 Å². The molecule has 0 amide bonds. The van der Waals surface area contributed by atoms with Crippen LogP contribution in [0.2, 0.25) is 0 Å². The van der Waals surface area contributed by atoms with Gasteiger partial charge in [0.25, 0.3) is 0 Å². The molecule has 8 rings (SSSR count). The molecule has 51 heavy (non-hydrogen) atoms. The van der Waals surface area contributed by atoms with Gasteiger partial charge in [-0.05, 0) is 32.3 Å². The first kappa shape index (κ1) is 36.5. The summed E-state index contributed by atoms with van der Waals surface area (Å²) in [4.78, 5) is 40.1. The molecular weight excluding hydrogens is 652 g/mol. The third-order valence-electron chi connectivity index (χ3n) is 13.8. The molecule has 1 saturated carbocycles. The first-order valence-corrected chi connectivity index (χ1v) is 19.2. The van der Waals surface area contributed by atoms with Crippen LogP contribution in [0.5, 0.6) is 0 Å². The van der Waals surface area contributed by atoms with Gasteiger partial charge in [-0.1, -0.05) is 50.3 Å². The first-order chi connectivity index (χ1) is 24.3. The van der Waals surface area contributed by atoms with Crippen molar-refractivity contribution in [3.8, 4) is 0 Å². The number of rotatable bonds is 9. The van der Waals surface area contributed by atoms with Crippen molar-refractivity contribution in [1.29, 1.82) is 0 Å². The SMILES string of the molecule is CO[C@H]1C[C@H]2C=C[C@H]3[C@H]4O[C@]2(/C(C)=C/[C@@H](C)[C@@H]([C@@H](C)OC(=O)CCC[N+]25CC[N+](C)(CC2)CC5)OC1=O)[C@@H]3[C@H](O)[C@@H](C)[C@H]4OC(=O)C1=CC=CC1. The number of quaternary nitrogens is 2. The molecule has 1 N–H and O–H groups in total. The molecule has 5 fully saturated rings. The number of carbonyl (C=O) groups excluding carboxylic acids is 3. The number of nitrogens with zero attached hydrogens (tertiary/aromatic N) is 2. The van der Waals surface area contributed by atoms with Crippen LogP contribution < -0.4 is 0 Å². The summed E-state index contributed by atoms with van der Waals surface area (Å²) in [7, 11) is 3.84. The van der Waals surface area contributed by atoms with E-state index in [9.17, 15) is 19.5 Å². The number of likely N-dealkylation sites (N-methyl/N-ethyl adjacent to an activating group) is 1. The van der Waals surface area contributed by atoms with Crippen molar-refractivity contribution in [3.05, 3.63) is 47.6 Å². The summed E-state index contributed by atoms with van der Waals surface area (Å²) in [5.41, 5.74) is 0.527. The van der Waals surface area contributed by atoms with Crippen LogP contribution in [-0.4, -0.2) is 134 Å². The molecule has 0 aromatic rings. The van der Waals surface area contributed by atoms with Crippen molar-refractivity contribution in [3.63, 3.8) is 0 Å². The highest BCUT2D eigenvalue weighted by atomic mass is 16.6. The maximum Gasteiger partial charge on any atom is 0.335 e. The van der Waals surface area contributed by atoms with E-state index in [1.807, 2.05) is 32.9 Å². The van der Waals surface area contributed by atoms with Gasteiger partial charge in [-0.25, -0.2) is 9.59 Å².